The van der Waals surface area contributed by atoms with Gasteiger partial charge < -0.3 is 20.4 Å². The Morgan fingerprint density at radius 1 is 1.19 bits per heavy atom. The Morgan fingerprint density at radius 3 is 2.38 bits per heavy atom. The molecule has 0 aliphatic rings. The van der Waals surface area contributed by atoms with Crippen molar-refractivity contribution in [2.45, 2.75) is 20.3 Å². The third-order valence-electron chi connectivity index (χ3n) is 3.34. The fourth-order valence-electron chi connectivity index (χ4n) is 1.90. The minimum Gasteiger partial charge on any atom is -0.382 e. The van der Waals surface area contributed by atoms with Gasteiger partial charge in [0.25, 0.3) is 5.91 Å². The second kappa shape index (κ2) is 8.19. The predicted octanol–water partition coefficient (Wildman–Crippen LogP) is 1.60. The monoisotopic (exact) mass is 313 g/mol. The van der Waals surface area contributed by atoms with E-state index in [9.17, 15) is 4.79 Å². The molecule has 0 radical (unpaired) electrons. The Balaban J connectivity index is 2.78. The number of carbonyl (C=O) groups is 1. The number of thiazole rings is 1. The van der Waals surface area contributed by atoms with Gasteiger partial charge in [0.2, 0.25) is 0 Å². The third kappa shape index (κ3) is 4.86. The number of carbonyl (C=O) groups excluding carboxylic acids is 1. The van der Waals surface area contributed by atoms with Crippen molar-refractivity contribution in [2.24, 2.45) is 0 Å². The number of aromatic nitrogens is 1. The van der Waals surface area contributed by atoms with Crippen LogP contribution in [0, 0.1) is 0 Å². The molecule has 0 saturated heterocycles. The molecular formula is C14H27N5OS. The Morgan fingerprint density at radius 2 is 1.86 bits per heavy atom. The molecule has 0 fully saturated rings. The van der Waals surface area contributed by atoms with Gasteiger partial charge in [-0.15, -0.1) is 0 Å². The summed E-state index contributed by atoms with van der Waals surface area (Å²) in [6.07, 6.45) is 0.951. The van der Waals surface area contributed by atoms with Crippen LogP contribution in [0.15, 0.2) is 0 Å². The first kappa shape index (κ1) is 17.7. The molecule has 0 aliphatic carbocycles. The molecule has 7 heteroatoms. The van der Waals surface area contributed by atoms with Crippen LogP contribution in [0.5, 0.6) is 0 Å². The van der Waals surface area contributed by atoms with Gasteiger partial charge in [0.15, 0.2) is 5.13 Å². The lowest BCUT2D eigenvalue weighted by atomic mass is 10.3. The SMILES string of the molecule is CCN(CCCN(C)C)C(=O)c1sc(N(C)CC)nc1N. The topological polar surface area (TPSA) is 65.7 Å². The van der Waals surface area contributed by atoms with Gasteiger partial charge in [0, 0.05) is 26.7 Å². The molecule has 0 atom stereocenters. The van der Waals surface area contributed by atoms with Crippen molar-refractivity contribution in [1.29, 1.82) is 0 Å². The number of rotatable bonds is 8. The van der Waals surface area contributed by atoms with Crippen molar-refractivity contribution in [3.05, 3.63) is 4.88 Å². The van der Waals surface area contributed by atoms with Crippen LogP contribution in [-0.4, -0.2) is 68.0 Å². The van der Waals surface area contributed by atoms with Crippen LogP contribution in [0.2, 0.25) is 0 Å². The number of nitrogens with zero attached hydrogens (tertiary/aromatic N) is 4. The van der Waals surface area contributed by atoms with Crippen molar-refractivity contribution in [3.8, 4) is 0 Å². The summed E-state index contributed by atoms with van der Waals surface area (Å²) < 4.78 is 0. The first-order valence-electron chi connectivity index (χ1n) is 7.32. The normalized spacial score (nSPS) is 11.0. The smallest absolute Gasteiger partial charge is 0.267 e. The molecule has 2 N–H and O–H groups in total. The number of hydrogen-bond acceptors (Lipinski definition) is 6. The number of anilines is 2. The maximum absolute atomic E-state index is 12.6. The summed E-state index contributed by atoms with van der Waals surface area (Å²) in [6, 6.07) is 0. The minimum absolute atomic E-state index is 0.0120. The third-order valence-corrected chi connectivity index (χ3v) is 4.51. The van der Waals surface area contributed by atoms with Crippen LogP contribution >= 0.6 is 11.3 Å². The minimum atomic E-state index is -0.0120. The molecule has 0 bridgehead atoms. The zero-order chi connectivity index (χ0) is 16.0. The van der Waals surface area contributed by atoms with E-state index in [1.807, 2.05) is 44.8 Å². The average Bonchev–Trinajstić information content (AvgIpc) is 2.83. The Kier molecular flexibility index (Phi) is 6.91. The summed E-state index contributed by atoms with van der Waals surface area (Å²) in [5.41, 5.74) is 5.92. The fraction of sp³-hybridized carbons (Fsp3) is 0.714. The maximum atomic E-state index is 12.6. The van der Waals surface area contributed by atoms with Gasteiger partial charge in [-0.3, -0.25) is 4.79 Å². The van der Waals surface area contributed by atoms with Gasteiger partial charge in [-0.2, -0.15) is 0 Å². The zero-order valence-corrected chi connectivity index (χ0v) is 14.5. The second-order valence-electron chi connectivity index (χ2n) is 5.27. The number of nitrogens with two attached hydrogens (primary N) is 1. The van der Waals surface area contributed by atoms with E-state index in [2.05, 4.69) is 9.88 Å². The molecule has 1 aromatic heterocycles. The molecular weight excluding hydrogens is 286 g/mol. The van der Waals surface area contributed by atoms with E-state index in [0.717, 1.165) is 31.2 Å². The van der Waals surface area contributed by atoms with Gasteiger partial charge >= 0.3 is 0 Å². The molecule has 0 aromatic carbocycles. The molecule has 0 saturated carbocycles. The lowest BCUT2D eigenvalue weighted by Gasteiger charge is -2.21. The van der Waals surface area contributed by atoms with Crippen molar-refractivity contribution in [3.63, 3.8) is 0 Å². The van der Waals surface area contributed by atoms with Crippen LogP contribution in [-0.2, 0) is 0 Å². The standard InChI is InChI=1S/C14H27N5OS/c1-6-18(5)14-16-12(15)11(21-14)13(20)19(7-2)10-8-9-17(3)4/h6-10,15H2,1-5H3. The van der Waals surface area contributed by atoms with Crippen LogP contribution in [0.1, 0.15) is 29.9 Å². The Labute approximate surface area is 131 Å². The van der Waals surface area contributed by atoms with Crippen LogP contribution in [0.25, 0.3) is 0 Å². The van der Waals surface area contributed by atoms with Gasteiger partial charge in [0.05, 0.1) is 0 Å². The van der Waals surface area contributed by atoms with Crippen molar-refractivity contribution in [2.75, 3.05) is 58.0 Å². The van der Waals surface area contributed by atoms with Crippen molar-refractivity contribution >= 4 is 28.2 Å². The lowest BCUT2D eigenvalue weighted by Crippen LogP contribution is -2.33. The maximum Gasteiger partial charge on any atom is 0.267 e. The summed E-state index contributed by atoms with van der Waals surface area (Å²) in [5.74, 6) is 0.327. The Bertz CT molecular complexity index is 460. The number of hydrogen-bond donors (Lipinski definition) is 1. The molecule has 1 amide bonds. The molecule has 1 rings (SSSR count). The highest BCUT2D eigenvalue weighted by Gasteiger charge is 2.22. The van der Waals surface area contributed by atoms with Crippen molar-refractivity contribution < 1.29 is 4.79 Å². The summed E-state index contributed by atoms with van der Waals surface area (Å²) in [5, 5.41) is 0.794. The molecule has 1 aromatic rings. The highest BCUT2D eigenvalue weighted by molar-refractivity contribution is 7.18. The number of nitrogen functional groups attached to an aromatic ring is 1. The van der Waals surface area contributed by atoms with Crippen LogP contribution < -0.4 is 10.6 Å². The van der Waals surface area contributed by atoms with Crippen LogP contribution in [0.4, 0.5) is 10.9 Å². The number of amides is 1. The highest BCUT2D eigenvalue weighted by atomic mass is 32.1. The fourth-order valence-corrected chi connectivity index (χ4v) is 2.87. The molecule has 0 spiro atoms. The van der Waals surface area contributed by atoms with Gasteiger partial charge in [-0.05, 0) is 40.9 Å². The summed E-state index contributed by atoms with van der Waals surface area (Å²) >= 11 is 1.37. The average molecular weight is 313 g/mol. The first-order chi connectivity index (χ1) is 9.90. The Hall–Kier alpha value is -1.34. The first-order valence-corrected chi connectivity index (χ1v) is 8.13. The van der Waals surface area contributed by atoms with Gasteiger partial charge in [-0.25, -0.2) is 4.98 Å². The summed E-state index contributed by atoms with van der Waals surface area (Å²) in [4.78, 5) is 23.4. The van der Waals surface area contributed by atoms with Crippen LogP contribution in [0.3, 0.4) is 0 Å². The summed E-state index contributed by atoms with van der Waals surface area (Å²) in [6.45, 7) is 7.25. The van der Waals surface area contributed by atoms with Crippen molar-refractivity contribution in [1.82, 2.24) is 14.8 Å². The van der Waals surface area contributed by atoms with E-state index < -0.39 is 0 Å². The molecule has 6 nitrogen and oxygen atoms in total. The molecule has 0 unspecified atom stereocenters. The lowest BCUT2D eigenvalue weighted by molar-refractivity contribution is 0.0765. The molecule has 1 heterocycles. The predicted molar refractivity (Wildman–Crippen MR) is 90.2 cm³/mol. The molecule has 120 valence electrons. The van der Waals surface area contributed by atoms with Gasteiger partial charge in [-0.1, -0.05) is 11.3 Å². The van der Waals surface area contributed by atoms with Gasteiger partial charge in [0.1, 0.15) is 10.7 Å². The quantitative estimate of drug-likeness (QED) is 0.789. The van der Waals surface area contributed by atoms with E-state index in [0.29, 0.717) is 17.2 Å². The molecule has 0 aliphatic heterocycles. The largest absolute Gasteiger partial charge is 0.382 e. The summed E-state index contributed by atoms with van der Waals surface area (Å²) in [7, 11) is 6.01. The second-order valence-corrected chi connectivity index (χ2v) is 6.24. The van der Waals surface area contributed by atoms with E-state index >= 15 is 0 Å². The molecule has 21 heavy (non-hydrogen) atoms. The van der Waals surface area contributed by atoms with E-state index in [1.165, 1.54) is 11.3 Å². The zero-order valence-electron chi connectivity index (χ0n) is 13.7. The highest BCUT2D eigenvalue weighted by Crippen LogP contribution is 2.28. The van der Waals surface area contributed by atoms with E-state index in [1.54, 1.807) is 0 Å². The van der Waals surface area contributed by atoms with E-state index in [4.69, 9.17) is 5.73 Å². The van der Waals surface area contributed by atoms with E-state index in [-0.39, 0.29) is 5.91 Å².